The summed E-state index contributed by atoms with van der Waals surface area (Å²) in [7, 11) is 0. The predicted molar refractivity (Wildman–Crippen MR) is 193 cm³/mol. The number of fused-ring (bicyclic) bond motifs is 5. The van der Waals surface area contributed by atoms with Crippen LogP contribution in [0.2, 0.25) is 0 Å². The molecule has 0 spiro atoms. The summed E-state index contributed by atoms with van der Waals surface area (Å²) in [5.41, 5.74) is 11.5. The molecule has 0 N–H and O–H groups in total. The summed E-state index contributed by atoms with van der Waals surface area (Å²) in [6.45, 7) is 0. The lowest BCUT2D eigenvalue weighted by molar-refractivity contribution is 1.18. The highest BCUT2D eigenvalue weighted by Gasteiger charge is 2.20. The zero-order valence-electron chi connectivity index (χ0n) is 25.1. The average Bonchev–Trinajstić information content (AvgIpc) is 3.65. The molecule has 0 aliphatic heterocycles. The van der Waals surface area contributed by atoms with E-state index in [1.54, 1.807) is 0 Å². The van der Waals surface area contributed by atoms with E-state index in [-0.39, 0.29) is 0 Å². The molecule has 6 heteroatoms. The van der Waals surface area contributed by atoms with E-state index in [1.165, 1.54) is 11.7 Å². The Morgan fingerprint density at radius 1 is 0.404 bits per heavy atom. The predicted octanol–water partition coefficient (Wildman–Crippen LogP) is 10.5. The molecular formula is C41H25N5S. The first kappa shape index (κ1) is 27.2. The number of pyridine rings is 1. The zero-order chi connectivity index (χ0) is 31.2. The molecule has 0 amide bonds. The van der Waals surface area contributed by atoms with Crippen molar-refractivity contribution in [3.05, 3.63) is 152 Å². The highest BCUT2D eigenvalue weighted by Crippen LogP contribution is 2.41. The standard InChI is InChI=1S/C41H25N5S/c1-4-13-26(14-5-1)35-25-36(44-41(43-35)28-17-8-3-9-18-28)30-20-12-19-29(23-30)32-24-33-37(40-39(32)45-47-46-40)31-21-10-11-22-34(31)42-38(33)27-15-6-2-7-16-27/h1-25H. The van der Waals surface area contributed by atoms with Gasteiger partial charge >= 0.3 is 0 Å². The fourth-order valence-corrected chi connectivity index (χ4v) is 6.88. The van der Waals surface area contributed by atoms with Gasteiger partial charge in [0.05, 0.1) is 34.3 Å². The Bertz CT molecular complexity index is 2510. The highest BCUT2D eigenvalue weighted by molar-refractivity contribution is 7.00. The van der Waals surface area contributed by atoms with Gasteiger partial charge in [0.2, 0.25) is 0 Å². The minimum Gasteiger partial charge on any atom is -0.247 e. The van der Waals surface area contributed by atoms with Gasteiger partial charge in [-0.15, -0.1) is 0 Å². The normalized spacial score (nSPS) is 11.4. The van der Waals surface area contributed by atoms with Crippen molar-refractivity contribution >= 4 is 44.4 Å². The van der Waals surface area contributed by atoms with Crippen LogP contribution in [0.3, 0.4) is 0 Å². The van der Waals surface area contributed by atoms with E-state index in [1.807, 2.05) is 60.7 Å². The van der Waals surface area contributed by atoms with E-state index in [4.69, 9.17) is 23.7 Å². The van der Waals surface area contributed by atoms with E-state index in [0.717, 1.165) is 83.2 Å². The van der Waals surface area contributed by atoms with Crippen LogP contribution in [0.5, 0.6) is 0 Å². The average molecular weight is 620 g/mol. The maximum Gasteiger partial charge on any atom is 0.160 e. The third-order valence-corrected chi connectivity index (χ3v) is 9.07. The third kappa shape index (κ3) is 4.83. The van der Waals surface area contributed by atoms with Crippen LogP contribution in [-0.2, 0) is 0 Å². The molecule has 0 atom stereocenters. The van der Waals surface area contributed by atoms with Gasteiger partial charge in [0.25, 0.3) is 0 Å². The zero-order valence-corrected chi connectivity index (χ0v) is 25.9. The highest BCUT2D eigenvalue weighted by atomic mass is 32.1. The molecule has 0 bridgehead atoms. The number of nitrogens with zero attached hydrogens (tertiary/aromatic N) is 5. The van der Waals surface area contributed by atoms with E-state index in [2.05, 4.69) is 91.0 Å². The Balaban J connectivity index is 1.27. The molecule has 9 aromatic rings. The Kier molecular flexibility index (Phi) is 6.58. The van der Waals surface area contributed by atoms with Crippen LogP contribution in [0.25, 0.3) is 89.0 Å². The van der Waals surface area contributed by atoms with Crippen LogP contribution in [0.4, 0.5) is 0 Å². The largest absolute Gasteiger partial charge is 0.247 e. The fourth-order valence-electron chi connectivity index (χ4n) is 6.31. The first-order valence-electron chi connectivity index (χ1n) is 15.4. The lowest BCUT2D eigenvalue weighted by Gasteiger charge is -2.14. The number of hydrogen-bond donors (Lipinski definition) is 0. The first-order chi connectivity index (χ1) is 23.3. The molecule has 3 aromatic heterocycles. The summed E-state index contributed by atoms with van der Waals surface area (Å²) in [5.74, 6) is 0.689. The number of hydrogen-bond acceptors (Lipinski definition) is 6. The molecule has 0 saturated carbocycles. The fraction of sp³-hybridized carbons (Fsp3) is 0. The van der Waals surface area contributed by atoms with Crippen molar-refractivity contribution in [3.8, 4) is 56.3 Å². The van der Waals surface area contributed by atoms with Gasteiger partial charge in [-0.25, -0.2) is 15.0 Å². The van der Waals surface area contributed by atoms with Gasteiger partial charge in [-0.1, -0.05) is 127 Å². The van der Waals surface area contributed by atoms with Crippen molar-refractivity contribution in [2.75, 3.05) is 0 Å². The van der Waals surface area contributed by atoms with E-state index in [9.17, 15) is 0 Å². The van der Waals surface area contributed by atoms with Crippen LogP contribution >= 0.6 is 11.7 Å². The summed E-state index contributed by atoms with van der Waals surface area (Å²) < 4.78 is 9.72. The van der Waals surface area contributed by atoms with Crippen molar-refractivity contribution in [1.29, 1.82) is 0 Å². The van der Waals surface area contributed by atoms with E-state index in [0.29, 0.717) is 5.82 Å². The third-order valence-electron chi connectivity index (χ3n) is 8.54. The summed E-state index contributed by atoms with van der Waals surface area (Å²) in [4.78, 5) is 15.2. The molecule has 0 saturated heterocycles. The van der Waals surface area contributed by atoms with Gasteiger partial charge in [0, 0.05) is 44.0 Å². The number of benzene rings is 6. The summed E-state index contributed by atoms with van der Waals surface area (Å²) >= 11 is 1.25. The van der Waals surface area contributed by atoms with Gasteiger partial charge in [-0.2, -0.15) is 8.75 Å². The Labute approximate surface area is 275 Å². The number of aromatic nitrogens is 5. The van der Waals surface area contributed by atoms with Crippen LogP contribution in [0.1, 0.15) is 0 Å². The monoisotopic (exact) mass is 619 g/mol. The quantitative estimate of drug-likeness (QED) is 0.179. The molecule has 9 rings (SSSR count). The van der Waals surface area contributed by atoms with Crippen molar-refractivity contribution in [3.63, 3.8) is 0 Å². The van der Waals surface area contributed by atoms with Crippen molar-refractivity contribution in [1.82, 2.24) is 23.7 Å². The second kappa shape index (κ2) is 11.4. The molecule has 0 aliphatic carbocycles. The van der Waals surface area contributed by atoms with Gasteiger partial charge in [0.15, 0.2) is 5.82 Å². The maximum absolute atomic E-state index is 5.18. The Morgan fingerprint density at radius 3 is 1.77 bits per heavy atom. The van der Waals surface area contributed by atoms with Crippen LogP contribution in [-0.4, -0.2) is 23.7 Å². The molecule has 3 heterocycles. The number of para-hydroxylation sites is 1. The van der Waals surface area contributed by atoms with Crippen molar-refractivity contribution in [2.24, 2.45) is 0 Å². The van der Waals surface area contributed by atoms with Crippen LogP contribution in [0, 0.1) is 0 Å². The SMILES string of the molecule is c1ccc(-c2cc(-c3cccc(-c4cc5c(-c6ccccc6)nc6ccccc6c5c5nsnc45)c3)nc(-c3ccccc3)n2)cc1. The molecule has 0 unspecified atom stereocenters. The molecule has 5 nitrogen and oxygen atoms in total. The summed E-state index contributed by atoms with van der Waals surface area (Å²) in [5, 5.41) is 3.20. The smallest absolute Gasteiger partial charge is 0.160 e. The van der Waals surface area contributed by atoms with Crippen molar-refractivity contribution in [2.45, 2.75) is 0 Å². The molecule has 47 heavy (non-hydrogen) atoms. The van der Waals surface area contributed by atoms with Crippen LogP contribution in [0.15, 0.2) is 152 Å². The van der Waals surface area contributed by atoms with E-state index < -0.39 is 0 Å². The molecule has 220 valence electrons. The summed E-state index contributed by atoms with van der Waals surface area (Å²) in [6.07, 6.45) is 0. The second-order valence-corrected chi connectivity index (χ2v) is 12.0. The molecular weight excluding hydrogens is 595 g/mol. The summed E-state index contributed by atoms with van der Waals surface area (Å²) in [6, 6.07) is 51.9. The minimum absolute atomic E-state index is 0.689. The topological polar surface area (TPSA) is 64.5 Å². The van der Waals surface area contributed by atoms with E-state index >= 15 is 0 Å². The molecule has 6 aromatic carbocycles. The lowest BCUT2D eigenvalue weighted by atomic mass is 9.93. The molecule has 0 radical (unpaired) electrons. The van der Waals surface area contributed by atoms with Gasteiger partial charge in [-0.3, -0.25) is 0 Å². The minimum atomic E-state index is 0.689. The maximum atomic E-state index is 5.18. The second-order valence-electron chi connectivity index (χ2n) is 11.4. The Hall–Kier alpha value is -6.11. The number of rotatable bonds is 5. The molecule has 0 fully saturated rings. The van der Waals surface area contributed by atoms with Gasteiger partial charge < -0.3 is 0 Å². The first-order valence-corrected chi connectivity index (χ1v) is 16.2. The van der Waals surface area contributed by atoms with Crippen molar-refractivity contribution < 1.29 is 0 Å². The van der Waals surface area contributed by atoms with Gasteiger partial charge in [0.1, 0.15) is 11.0 Å². The molecule has 0 aliphatic rings. The van der Waals surface area contributed by atoms with Crippen LogP contribution < -0.4 is 0 Å². The Morgan fingerprint density at radius 2 is 1.00 bits per heavy atom. The van der Waals surface area contributed by atoms with Gasteiger partial charge in [-0.05, 0) is 29.8 Å². The lowest BCUT2D eigenvalue weighted by Crippen LogP contribution is -1.96.